The topological polar surface area (TPSA) is 46.2 Å². The first-order valence-electron chi connectivity index (χ1n) is 4.47. The van der Waals surface area contributed by atoms with Gasteiger partial charge in [0.25, 0.3) is 0 Å². The van der Waals surface area contributed by atoms with E-state index in [-0.39, 0.29) is 16.1 Å². The summed E-state index contributed by atoms with van der Waals surface area (Å²) >= 11 is 5.81. The van der Waals surface area contributed by atoms with E-state index >= 15 is 0 Å². The van der Waals surface area contributed by atoms with Crippen LogP contribution in [0.25, 0.3) is 0 Å². The first-order valence-corrected chi connectivity index (χ1v) is 4.85. The van der Waals surface area contributed by atoms with Crippen LogP contribution in [0.4, 0.5) is 13.2 Å². The Bertz CT molecular complexity index is 418. The van der Waals surface area contributed by atoms with Crippen LogP contribution in [0.1, 0.15) is 22.7 Å². The predicted molar refractivity (Wildman–Crippen MR) is 55.6 cm³/mol. The second-order valence-corrected chi connectivity index (χ2v) is 3.96. The van der Waals surface area contributed by atoms with Gasteiger partial charge in [-0.05, 0) is 31.0 Å². The van der Waals surface area contributed by atoms with E-state index in [0.29, 0.717) is 5.56 Å². The molecular weight excluding hydrogens is 243 g/mol. The standard InChI is InChI=1S/C10H11ClF3NO/c1-4-3-6(16)7(5(2)8(4)11)9(15)10(12,13)14/h3,9,16H,15H2,1-2H3/t9-/m0/s1. The number of nitrogens with two attached hydrogens (primary N) is 1. The Kier molecular flexibility index (Phi) is 3.40. The van der Waals surface area contributed by atoms with Gasteiger partial charge in [0.2, 0.25) is 0 Å². The Morgan fingerprint density at radius 3 is 2.31 bits per heavy atom. The Morgan fingerprint density at radius 2 is 1.88 bits per heavy atom. The highest BCUT2D eigenvalue weighted by molar-refractivity contribution is 6.32. The Balaban J connectivity index is 3.40. The molecule has 0 bridgehead atoms. The molecule has 6 heteroatoms. The molecule has 1 aromatic rings. The van der Waals surface area contributed by atoms with Crippen molar-refractivity contribution in [3.63, 3.8) is 0 Å². The van der Waals surface area contributed by atoms with Crippen LogP contribution >= 0.6 is 11.6 Å². The lowest BCUT2D eigenvalue weighted by atomic mass is 9.98. The van der Waals surface area contributed by atoms with Gasteiger partial charge in [-0.2, -0.15) is 13.2 Å². The van der Waals surface area contributed by atoms with Crippen molar-refractivity contribution in [1.29, 1.82) is 0 Å². The second kappa shape index (κ2) is 4.14. The smallest absolute Gasteiger partial charge is 0.407 e. The number of hydrogen-bond donors (Lipinski definition) is 2. The van der Waals surface area contributed by atoms with E-state index in [2.05, 4.69) is 0 Å². The van der Waals surface area contributed by atoms with E-state index in [1.165, 1.54) is 13.0 Å². The maximum atomic E-state index is 12.4. The van der Waals surface area contributed by atoms with E-state index in [0.717, 1.165) is 0 Å². The summed E-state index contributed by atoms with van der Waals surface area (Å²) in [5.74, 6) is -0.482. The number of rotatable bonds is 1. The first-order chi connectivity index (χ1) is 7.16. The molecule has 1 atom stereocenters. The largest absolute Gasteiger partial charge is 0.508 e. The molecule has 2 nitrogen and oxygen atoms in total. The van der Waals surface area contributed by atoms with Crippen LogP contribution in [0.3, 0.4) is 0 Å². The summed E-state index contributed by atoms with van der Waals surface area (Å²) in [5.41, 5.74) is 5.34. The quantitative estimate of drug-likeness (QED) is 0.807. The molecule has 0 radical (unpaired) electrons. The molecule has 1 rings (SSSR count). The van der Waals surface area contributed by atoms with E-state index in [9.17, 15) is 18.3 Å². The first kappa shape index (κ1) is 13.1. The molecule has 0 aromatic heterocycles. The average Bonchev–Trinajstić information content (AvgIpc) is 2.13. The van der Waals surface area contributed by atoms with Crippen LogP contribution in [0.5, 0.6) is 5.75 Å². The zero-order valence-corrected chi connectivity index (χ0v) is 9.45. The van der Waals surface area contributed by atoms with Crippen LogP contribution in [0.15, 0.2) is 6.07 Å². The maximum absolute atomic E-state index is 12.4. The van der Waals surface area contributed by atoms with Gasteiger partial charge in [0, 0.05) is 10.6 Å². The maximum Gasteiger partial charge on any atom is 0.407 e. The molecular formula is C10H11ClF3NO. The summed E-state index contributed by atoms with van der Waals surface area (Å²) in [6.45, 7) is 2.99. The van der Waals surface area contributed by atoms with Crippen molar-refractivity contribution in [2.75, 3.05) is 0 Å². The minimum Gasteiger partial charge on any atom is -0.508 e. The van der Waals surface area contributed by atoms with Crippen molar-refractivity contribution in [1.82, 2.24) is 0 Å². The zero-order valence-electron chi connectivity index (χ0n) is 8.69. The molecule has 0 spiro atoms. The average molecular weight is 254 g/mol. The molecule has 16 heavy (non-hydrogen) atoms. The molecule has 0 heterocycles. The Morgan fingerprint density at radius 1 is 1.38 bits per heavy atom. The van der Waals surface area contributed by atoms with Crippen LogP contribution in [0.2, 0.25) is 5.02 Å². The van der Waals surface area contributed by atoms with Gasteiger partial charge in [-0.3, -0.25) is 0 Å². The van der Waals surface area contributed by atoms with Crippen molar-refractivity contribution in [2.24, 2.45) is 5.73 Å². The minimum absolute atomic E-state index is 0.156. The van der Waals surface area contributed by atoms with Gasteiger partial charge in [0.15, 0.2) is 0 Å². The highest BCUT2D eigenvalue weighted by Gasteiger charge is 2.40. The van der Waals surface area contributed by atoms with Gasteiger partial charge in [0.1, 0.15) is 11.8 Å². The molecule has 0 saturated carbocycles. The number of phenols is 1. The number of alkyl halides is 3. The molecule has 1 aromatic carbocycles. The third kappa shape index (κ3) is 2.25. The molecule has 0 aliphatic heterocycles. The molecule has 0 aliphatic carbocycles. The monoisotopic (exact) mass is 253 g/mol. The van der Waals surface area contributed by atoms with Gasteiger partial charge >= 0.3 is 6.18 Å². The number of halogens is 4. The third-order valence-corrected chi connectivity index (χ3v) is 2.95. The fourth-order valence-electron chi connectivity index (χ4n) is 1.51. The van der Waals surface area contributed by atoms with Crippen LogP contribution in [0, 0.1) is 13.8 Å². The van der Waals surface area contributed by atoms with Crippen molar-refractivity contribution >= 4 is 11.6 Å². The van der Waals surface area contributed by atoms with Crippen LogP contribution in [-0.4, -0.2) is 11.3 Å². The van der Waals surface area contributed by atoms with E-state index in [1.54, 1.807) is 6.92 Å². The SMILES string of the molecule is Cc1cc(O)c([C@H](N)C(F)(F)F)c(C)c1Cl. The number of phenolic OH excluding ortho intramolecular Hbond substituents is 1. The van der Waals surface area contributed by atoms with E-state index < -0.39 is 18.0 Å². The second-order valence-electron chi connectivity index (χ2n) is 3.58. The lowest BCUT2D eigenvalue weighted by Gasteiger charge is -2.20. The van der Waals surface area contributed by atoms with Gasteiger partial charge < -0.3 is 10.8 Å². The minimum atomic E-state index is -4.61. The van der Waals surface area contributed by atoms with Crippen molar-refractivity contribution < 1.29 is 18.3 Å². The van der Waals surface area contributed by atoms with E-state index in [4.69, 9.17) is 17.3 Å². The van der Waals surface area contributed by atoms with Gasteiger partial charge in [-0.1, -0.05) is 11.6 Å². The number of aromatic hydroxyl groups is 1. The molecule has 0 fully saturated rings. The fraction of sp³-hybridized carbons (Fsp3) is 0.400. The number of aryl methyl sites for hydroxylation is 1. The summed E-state index contributed by atoms with van der Waals surface area (Å²) in [6, 6.07) is -1.05. The van der Waals surface area contributed by atoms with Crippen molar-refractivity contribution in [3.8, 4) is 5.75 Å². The molecule has 3 N–H and O–H groups in total. The Hall–Kier alpha value is -0.940. The molecule has 0 amide bonds. The third-order valence-electron chi connectivity index (χ3n) is 2.37. The Labute approximate surface area is 95.8 Å². The summed E-state index contributed by atoms with van der Waals surface area (Å²) in [5, 5.41) is 9.68. The number of benzene rings is 1. The highest BCUT2D eigenvalue weighted by atomic mass is 35.5. The van der Waals surface area contributed by atoms with Crippen molar-refractivity contribution in [2.45, 2.75) is 26.1 Å². The van der Waals surface area contributed by atoms with Crippen LogP contribution < -0.4 is 5.73 Å². The van der Waals surface area contributed by atoms with Crippen LogP contribution in [-0.2, 0) is 0 Å². The molecule has 0 saturated heterocycles. The molecule has 90 valence electrons. The van der Waals surface area contributed by atoms with Gasteiger partial charge in [-0.25, -0.2) is 0 Å². The lowest BCUT2D eigenvalue weighted by molar-refractivity contribution is -0.149. The highest BCUT2D eigenvalue weighted by Crippen LogP contribution is 2.40. The fourth-order valence-corrected chi connectivity index (χ4v) is 1.66. The summed E-state index contributed by atoms with van der Waals surface area (Å²) in [7, 11) is 0. The predicted octanol–water partition coefficient (Wildman–Crippen LogP) is 3.22. The summed E-state index contributed by atoms with van der Waals surface area (Å²) < 4.78 is 37.3. The number of hydrogen-bond acceptors (Lipinski definition) is 2. The lowest BCUT2D eigenvalue weighted by Crippen LogP contribution is -2.29. The zero-order chi connectivity index (χ0) is 12.7. The molecule has 0 aliphatic rings. The van der Waals surface area contributed by atoms with Gasteiger partial charge in [-0.15, -0.1) is 0 Å². The normalized spacial score (nSPS) is 13.9. The van der Waals surface area contributed by atoms with Crippen molar-refractivity contribution in [3.05, 3.63) is 27.8 Å². The summed E-state index contributed by atoms with van der Waals surface area (Å²) in [4.78, 5) is 0. The molecule has 0 unspecified atom stereocenters. The summed E-state index contributed by atoms with van der Waals surface area (Å²) in [6.07, 6.45) is -4.61. The van der Waals surface area contributed by atoms with E-state index in [1.807, 2.05) is 0 Å². The van der Waals surface area contributed by atoms with Gasteiger partial charge in [0.05, 0.1) is 0 Å².